The van der Waals surface area contributed by atoms with Crippen molar-refractivity contribution in [1.29, 1.82) is 0 Å². The van der Waals surface area contributed by atoms with Crippen molar-refractivity contribution < 1.29 is 13.9 Å². The maximum absolute atomic E-state index is 13.4. The summed E-state index contributed by atoms with van der Waals surface area (Å²) in [4.78, 5) is 2.16. The fraction of sp³-hybridized carbons (Fsp3) is 0.625. The maximum Gasteiger partial charge on any atom is 0.192 e. The summed E-state index contributed by atoms with van der Waals surface area (Å²) in [5.41, 5.74) is 1.30. The van der Waals surface area contributed by atoms with Gasteiger partial charge in [-0.1, -0.05) is 20.8 Å². The van der Waals surface area contributed by atoms with Gasteiger partial charge in [0.1, 0.15) is 5.82 Å². The van der Waals surface area contributed by atoms with Crippen LogP contribution in [0.25, 0.3) is 0 Å². The Kier molecular flexibility index (Phi) is 4.47. The Labute approximate surface area is 127 Å². The first-order valence-electron chi connectivity index (χ1n) is 7.46. The lowest BCUT2D eigenvalue weighted by Crippen LogP contribution is -2.57. The molecule has 0 bridgehead atoms. The Hall–Kier alpha value is -0.913. The third-order valence-electron chi connectivity index (χ3n) is 4.68. The molecule has 1 heterocycles. The van der Waals surface area contributed by atoms with Gasteiger partial charge in [-0.25, -0.2) is 4.39 Å². The van der Waals surface area contributed by atoms with Crippen LogP contribution in [0.5, 0.6) is 0 Å². The maximum atomic E-state index is 13.4. The quantitative estimate of drug-likeness (QED) is 0.864. The highest BCUT2D eigenvalue weighted by Crippen LogP contribution is 2.38. The lowest BCUT2D eigenvalue weighted by molar-refractivity contribution is 0.149. The fourth-order valence-electron chi connectivity index (χ4n) is 2.20. The predicted molar refractivity (Wildman–Crippen MR) is 86.6 cm³/mol. The van der Waals surface area contributed by atoms with Gasteiger partial charge in [-0.15, -0.1) is 0 Å². The van der Waals surface area contributed by atoms with Gasteiger partial charge >= 0.3 is 0 Å². The summed E-state index contributed by atoms with van der Waals surface area (Å²) in [5.74, 6) is -0.351. The Morgan fingerprint density at radius 2 is 1.95 bits per heavy atom. The Morgan fingerprint density at radius 3 is 2.48 bits per heavy atom. The average molecular weight is 311 g/mol. The molecule has 0 saturated carbocycles. The molecule has 21 heavy (non-hydrogen) atoms. The summed E-state index contributed by atoms with van der Waals surface area (Å²) < 4.78 is 19.7. The SMILES string of the molecule is CC(C)(C)[Si](C)(C)OC1CN(c2ccc(F)c(CO)c2)C1. The number of nitrogens with zero attached hydrogens (tertiary/aromatic N) is 1. The standard InChI is InChI=1S/C16H26FNO2Si/c1-16(2,3)21(4,5)20-14-9-18(10-14)13-6-7-15(17)12(8-13)11-19/h6-8,14,19H,9-11H2,1-5H3. The minimum absolute atomic E-state index is 0.216. The third kappa shape index (κ3) is 3.47. The molecule has 0 aliphatic carbocycles. The van der Waals surface area contributed by atoms with Crippen LogP contribution in [0.1, 0.15) is 26.3 Å². The first-order chi connectivity index (χ1) is 9.64. The minimum Gasteiger partial charge on any atom is -0.410 e. The van der Waals surface area contributed by atoms with E-state index in [2.05, 4.69) is 38.8 Å². The summed E-state index contributed by atoms with van der Waals surface area (Å²) in [7, 11) is -1.72. The summed E-state index contributed by atoms with van der Waals surface area (Å²) in [6.45, 7) is 12.6. The van der Waals surface area contributed by atoms with Gasteiger partial charge in [0, 0.05) is 24.3 Å². The van der Waals surface area contributed by atoms with Crippen LogP contribution in [0.3, 0.4) is 0 Å². The number of hydrogen-bond acceptors (Lipinski definition) is 3. The molecule has 1 N–H and O–H groups in total. The summed E-state index contributed by atoms with van der Waals surface area (Å²) >= 11 is 0. The van der Waals surface area contributed by atoms with Crippen molar-refractivity contribution in [2.75, 3.05) is 18.0 Å². The van der Waals surface area contributed by atoms with Gasteiger partial charge in [-0.3, -0.25) is 0 Å². The van der Waals surface area contributed by atoms with Crippen molar-refractivity contribution >= 4 is 14.0 Å². The molecule has 1 aromatic carbocycles. The fourth-order valence-corrected chi connectivity index (χ4v) is 3.53. The zero-order valence-electron chi connectivity index (χ0n) is 13.6. The number of halogens is 1. The van der Waals surface area contributed by atoms with Crippen LogP contribution in [0.4, 0.5) is 10.1 Å². The van der Waals surface area contributed by atoms with E-state index in [4.69, 9.17) is 9.53 Å². The molecular formula is C16H26FNO2Si. The first kappa shape index (κ1) is 16.5. The molecule has 0 amide bonds. The molecule has 3 nitrogen and oxygen atoms in total. The Balaban J connectivity index is 1.95. The second kappa shape index (κ2) is 5.70. The highest BCUT2D eigenvalue weighted by atomic mass is 28.4. The van der Waals surface area contributed by atoms with Crippen molar-refractivity contribution in [3.63, 3.8) is 0 Å². The minimum atomic E-state index is -1.72. The van der Waals surface area contributed by atoms with Crippen molar-refractivity contribution in [2.24, 2.45) is 0 Å². The predicted octanol–water partition coefficient (Wildman–Crippen LogP) is 3.53. The molecule has 1 fully saturated rings. The smallest absolute Gasteiger partial charge is 0.192 e. The van der Waals surface area contributed by atoms with E-state index in [0.717, 1.165) is 18.8 Å². The van der Waals surface area contributed by atoms with E-state index in [0.29, 0.717) is 5.56 Å². The largest absolute Gasteiger partial charge is 0.410 e. The molecule has 0 atom stereocenters. The summed E-state index contributed by atoms with van der Waals surface area (Å²) in [6.07, 6.45) is 0.258. The number of hydrogen-bond donors (Lipinski definition) is 1. The second-order valence-electron chi connectivity index (χ2n) is 7.34. The average Bonchev–Trinajstić information content (AvgIpc) is 2.33. The van der Waals surface area contributed by atoms with Crippen LogP contribution in [-0.2, 0) is 11.0 Å². The number of anilines is 1. The van der Waals surface area contributed by atoms with Gasteiger partial charge in [0.2, 0.25) is 0 Å². The van der Waals surface area contributed by atoms with Crippen LogP contribution in [0.15, 0.2) is 18.2 Å². The molecule has 1 aliphatic heterocycles. The summed E-state index contributed by atoms with van der Waals surface area (Å²) in [6, 6.07) is 4.90. The Morgan fingerprint density at radius 1 is 1.33 bits per heavy atom. The van der Waals surface area contributed by atoms with Gasteiger partial charge in [0.05, 0.1) is 12.7 Å². The van der Waals surface area contributed by atoms with Crippen molar-refractivity contribution in [3.8, 4) is 0 Å². The van der Waals surface area contributed by atoms with Crippen LogP contribution in [-0.4, -0.2) is 32.6 Å². The van der Waals surface area contributed by atoms with Crippen LogP contribution in [0.2, 0.25) is 18.1 Å². The van der Waals surface area contributed by atoms with Gasteiger partial charge < -0.3 is 14.4 Å². The topological polar surface area (TPSA) is 32.7 Å². The second-order valence-corrected chi connectivity index (χ2v) is 12.1. The Bertz CT molecular complexity index is 507. The van der Waals surface area contributed by atoms with E-state index in [1.165, 1.54) is 6.07 Å². The van der Waals surface area contributed by atoms with Crippen LogP contribution < -0.4 is 4.90 Å². The van der Waals surface area contributed by atoms with Crippen LogP contribution in [0, 0.1) is 5.82 Å². The number of benzene rings is 1. The molecule has 0 radical (unpaired) electrons. The van der Waals surface area contributed by atoms with E-state index in [1.54, 1.807) is 12.1 Å². The van der Waals surface area contributed by atoms with Gasteiger partial charge in [-0.2, -0.15) is 0 Å². The van der Waals surface area contributed by atoms with Crippen molar-refractivity contribution in [2.45, 2.75) is 51.6 Å². The summed E-state index contributed by atoms with van der Waals surface area (Å²) in [5, 5.41) is 9.35. The van der Waals surface area contributed by atoms with Gasteiger partial charge in [0.15, 0.2) is 8.32 Å². The highest BCUT2D eigenvalue weighted by molar-refractivity contribution is 6.74. The van der Waals surface area contributed by atoms with Crippen LogP contribution >= 0.6 is 0 Å². The van der Waals surface area contributed by atoms with Gasteiger partial charge in [0.25, 0.3) is 0 Å². The number of aliphatic hydroxyl groups is 1. The number of aliphatic hydroxyl groups excluding tert-OH is 1. The highest BCUT2D eigenvalue weighted by Gasteiger charge is 2.41. The van der Waals surface area contributed by atoms with Gasteiger partial charge in [-0.05, 0) is 36.3 Å². The molecule has 0 spiro atoms. The first-order valence-corrected chi connectivity index (χ1v) is 10.4. The van der Waals surface area contributed by atoms with E-state index in [9.17, 15) is 4.39 Å². The molecule has 118 valence electrons. The molecule has 1 aromatic rings. The molecule has 1 aliphatic rings. The monoisotopic (exact) mass is 311 g/mol. The zero-order valence-corrected chi connectivity index (χ0v) is 14.6. The molecule has 5 heteroatoms. The molecular weight excluding hydrogens is 285 g/mol. The van der Waals surface area contributed by atoms with E-state index >= 15 is 0 Å². The molecule has 0 aromatic heterocycles. The van der Waals surface area contributed by atoms with Crippen molar-refractivity contribution in [1.82, 2.24) is 0 Å². The molecule has 0 unspecified atom stereocenters. The molecule has 2 rings (SSSR count). The lowest BCUT2D eigenvalue weighted by Gasteiger charge is -2.47. The third-order valence-corrected chi connectivity index (χ3v) is 9.22. The normalized spacial score (nSPS) is 17.0. The zero-order chi connectivity index (χ0) is 15.8. The van der Waals surface area contributed by atoms with E-state index in [1.807, 2.05) is 0 Å². The number of rotatable bonds is 4. The van der Waals surface area contributed by atoms with E-state index < -0.39 is 8.32 Å². The van der Waals surface area contributed by atoms with E-state index in [-0.39, 0.29) is 23.6 Å². The lowest BCUT2D eigenvalue weighted by atomic mass is 10.1. The molecule has 1 saturated heterocycles. The van der Waals surface area contributed by atoms with Crippen molar-refractivity contribution in [3.05, 3.63) is 29.6 Å².